The molecule has 1 aromatic heterocycles. The van der Waals surface area contributed by atoms with Crippen LogP contribution in [0.5, 0.6) is 5.75 Å². The van der Waals surface area contributed by atoms with Gasteiger partial charge in [0.05, 0.1) is 30.5 Å². The number of hydrogen-bond donors (Lipinski definition) is 0. The minimum absolute atomic E-state index is 0.0724. The highest BCUT2D eigenvalue weighted by Gasteiger charge is 2.26. The SMILES string of the molecule is COc1ccc(S(=O)(=O)N(Cc2ccco2)c2ccc(Cl)cc2)cc1. The van der Waals surface area contributed by atoms with E-state index < -0.39 is 10.0 Å². The van der Waals surface area contributed by atoms with Crippen LogP contribution in [0, 0.1) is 0 Å². The lowest BCUT2D eigenvalue weighted by molar-refractivity contribution is 0.414. The molecule has 0 aliphatic carbocycles. The Morgan fingerprint density at radius 2 is 1.72 bits per heavy atom. The molecule has 0 N–H and O–H groups in total. The van der Waals surface area contributed by atoms with Crippen LogP contribution >= 0.6 is 11.6 Å². The molecule has 0 aliphatic rings. The van der Waals surface area contributed by atoms with Gasteiger partial charge in [0.1, 0.15) is 11.5 Å². The maximum atomic E-state index is 13.2. The van der Waals surface area contributed by atoms with Gasteiger partial charge in [-0.1, -0.05) is 11.6 Å². The van der Waals surface area contributed by atoms with Gasteiger partial charge in [0, 0.05) is 5.02 Å². The second-order valence-electron chi connectivity index (χ2n) is 5.24. The molecule has 0 unspecified atom stereocenters. The Morgan fingerprint density at radius 3 is 2.28 bits per heavy atom. The Labute approximate surface area is 151 Å². The maximum absolute atomic E-state index is 13.2. The van der Waals surface area contributed by atoms with Crippen molar-refractivity contribution in [1.82, 2.24) is 0 Å². The number of anilines is 1. The van der Waals surface area contributed by atoms with Gasteiger partial charge in [0.15, 0.2) is 0 Å². The number of hydrogen-bond acceptors (Lipinski definition) is 4. The van der Waals surface area contributed by atoms with Crippen LogP contribution in [0.25, 0.3) is 0 Å². The standard InChI is InChI=1S/C18H16ClNO4S/c1-23-16-8-10-18(11-9-16)25(21,22)20(13-17-3-2-12-24-17)15-6-4-14(19)5-7-15/h2-12H,13H2,1H3. The van der Waals surface area contributed by atoms with Gasteiger partial charge >= 0.3 is 0 Å². The quantitative estimate of drug-likeness (QED) is 0.641. The van der Waals surface area contributed by atoms with Crippen LogP contribution in [-0.2, 0) is 16.6 Å². The van der Waals surface area contributed by atoms with Crippen LogP contribution in [-0.4, -0.2) is 15.5 Å². The predicted molar refractivity (Wildman–Crippen MR) is 96.5 cm³/mol. The van der Waals surface area contributed by atoms with Crippen LogP contribution in [0.3, 0.4) is 0 Å². The van der Waals surface area contributed by atoms with Gasteiger partial charge < -0.3 is 9.15 Å². The third kappa shape index (κ3) is 3.81. The second-order valence-corrected chi connectivity index (χ2v) is 7.54. The fraction of sp³-hybridized carbons (Fsp3) is 0.111. The predicted octanol–water partition coefficient (Wildman–Crippen LogP) is 4.34. The van der Waals surface area contributed by atoms with Gasteiger partial charge in [-0.25, -0.2) is 8.42 Å². The number of methoxy groups -OCH3 is 1. The van der Waals surface area contributed by atoms with Crippen LogP contribution in [0.15, 0.2) is 76.2 Å². The molecule has 0 radical (unpaired) electrons. The van der Waals surface area contributed by atoms with E-state index in [0.717, 1.165) is 0 Å². The Kier molecular flexibility index (Phi) is 5.01. The number of ether oxygens (including phenoxy) is 1. The Bertz CT molecular complexity index is 920. The van der Waals surface area contributed by atoms with Crippen molar-refractivity contribution in [3.05, 3.63) is 77.7 Å². The molecule has 0 spiro atoms. The average molecular weight is 378 g/mol. The summed E-state index contributed by atoms with van der Waals surface area (Å²) in [6.07, 6.45) is 1.51. The number of benzene rings is 2. The monoisotopic (exact) mass is 377 g/mol. The molecule has 2 aromatic carbocycles. The summed E-state index contributed by atoms with van der Waals surface area (Å²) in [6.45, 7) is 0.0724. The van der Waals surface area contributed by atoms with E-state index in [1.807, 2.05) is 0 Å². The third-order valence-corrected chi connectivity index (χ3v) is 5.68. The number of halogens is 1. The summed E-state index contributed by atoms with van der Waals surface area (Å²) in [7, 11) is -2.27. The first-order valence-electron chi connectivity index (χ1n) is 7.45. The summed E-state index contributed by atoms with van der Waals surface area (Å²) in [4.78, 5) is 0.162. The van der Waals surface area contributed by atoms with Gasteiger partial charge in [-0.05, 0) is 60.7 Å². The molecule has 1 heterocycles. The molecule has 0 amide bonds. The largest absolute Gasteiger partial charge is 0.497 e. The van der Waals surface area contributed by atoms with Crippen molar-refractivity contribution in [2.45, 2.75) is 11.4 Å². The summed E-state index contributed by atoms with van der Waals surface area (Å²) < 4.78 is 38.0. The van der Waals surface area contributed by atoms with Crippen LogP contribution < -0.4 is 9.04 Å². The number of sulfonamides is 1. The van der Waals surface area contributed by atoms with Crippen LogP contribution in [0.2, 0.25) is 5.02 Å². The zero-order valence-electron chi connectivity index (χ0n) is 13.4. The summed E-state index contributed by atoms with van der Waals surface area (Å²) in [5.41, 5.74) is 0.497. The molecular formula is C18H16ClNO4S. The van der Waals surface area contributed by atoms with Crippen molar-refractivity contribution in [3.8, 4) is 5.75 Å². The van der Waals surface area contributed by atoms with E-state index in [1.54, 1.807) is 48.5 Å². The minimum Gasteiger partial charge on any atom is -0.497 e. The fourth-order valence-electron chi connectivity index (χ4n) is 2.34. The van der Waals surface area contributed by atoms with Crippen molar-refractivity contribution in [2.75, 3.05) is 11.4 Å². The van der Waals surface area contributed by atoms with E-state index in [1.165, 1.54) is 29.8 Å². The van der Waals surface area contributed by atoms with Crippen molar-refractivity contribution < 1.29 is 17.6 Å². The van der Waals surface area contributed by atoms with E-state index in [9.17, 15) is 8.42 Å². The first-order chi connectivity index (χ1) is 12.0. The first-order valence-corrected chi connectivity index (χ1v) is 9.27. The Hall–Kier alpha value is -2.44. The number of rotatable bonds is 6. The lowest BCUT2D eigenvalue weighted by Crippen LogP contribution is -2.30. The molecule has 5 nitrogen and oxygen atoms in total. The van der Waals surface area contributed by atoms with Gasteiger partial charge in [-0.3, -0.25) is 4.31 Å². The summed E-state index contributed by atoms with van der Waals surface area (Å²) in [6, 6.07) is 16.3. The maximum Gasteiger partial charge on any atom is 0.264 e. The molecule has 0 fully saturated rings. The van der Waals surface area contributed by atoms with Crippen LogP contribution in [0.4, 0.5) is 5.69 Å². The van der Waals surface area contributed by atoms with Gasteiger partial charge in [0.2, 0.25) is 0 Å². The lowest BCUT2D eigenvalue weighted by atomic mass is 10.3. The van der Waals surface area contributed by atoms with Crippen molar-refractivity contribution in [1.29, 1.82) is 0 Å². The number of furan rings is 1. The van der Waals surface area contributed by atoms with E-state index in [2.05, 4.69) is 0 Å². The zero-order chi connectivity index (χ0) is 17.9. The summed E-state index contributed by atoms with van der Waals surface area (Å²) in [5.74, 6) is 1.12. The highest BCUT2D eigenvalue weighted by molar-refractivity contribution is 7.92. The topological polar surface area (TPSA) is 59.8 Å². The van der Waals surface area contributed by atoms with E-state index >= 15 is 0 Å². The third-order valence-electron chi connectivity index (χ3n) is 3.64. The molecule has 0 saturated heterocycles. The van der Waals surface area contributed by atoms with Gasteiger partial charge in [-0.2, -0.15) is 0 Å². The van der Waals surface area contributed by atoms with E-state index in [4.69, 9.17) is 20.8 Å². The van der Waals surface area contributed by atoms with Gasteiger partial charge in [-0.15, -0.1) is 0 Å². The fourth-order valence-corrected chi connectivity index (χ4v) is 3.90. The first kappa shape index (κ1) is 17.4. The Balaban J connectivity index is 2.03. The molecule has 0 bridgehead atoms. The molecule has 0 saturated carbocycles. The van der Waals surface area contributed by atoms with E-state index in [0.29, 0.717) is 22.2 Å². The van der Waals surface area contributed by atoms with Gasteiger partial charge in [0.25, 0.3) is 10.0 Å². The van der Waals surface area contributed by atoms with Crippen molar-refractivity contribution >= 4 is 27.3 Å². The molecular weight excluding hydrogens is 362 g/mol. The molecule has 3 rings (SSSR count). The highest BCUT2D eigenvalue weighted by atomic mass is 35.5. The average Bonchev–Trinajstić information content (AvgIpc) is 3.14. The summed E-state index contributed by atoms with van der Waals surface area (Å²) >= 11 is 5.92. The van der Waals surface area contributed by atoms with Crippen LogP contribution in [0.1, 0.15) is 5.76 Å². The zero-order valence-corrected chi connectivity index (χ0v) is 15.0. The highest BCUT2D eigenvalue weighted by Crippen LogP contribution is 2.28. The summed E-state index contributed by atoms with van der Waals surface area (Å²) in [5, 5.41) is 0.531. The smallest absolute Gasteiger partial charge is 0.264 e. The molecule has 0 atom stereocenters. The molecule has 3 aromatic rings. The van der Waals surface area contributed by atoms with E-state index in [-0.39, 0.29) is 11.4 Å². The van der Waals surface area contributed by atoms with Crippen molar-refractivity contribution in [2.24, 2.45) is 0 Å². The van der Waals surface area contributed by atoms with Crippen molar-refractivity contribution in [3.63, 3.8) is 0 Å². The Morgan fingerprint density at radius 1 is 1.04 bits per heavy atom. The minimum atomic E-state index is -3.79. The molecule has 25 heavy (non-hydrogen) atoms. The normalized spacial score (nSPS) is 11.3. The molecule has 130 valence electrons. The second kappa shape index (κ2) is 7.21. The molecule has 0 aliphatic heterocycles. The lowest BCUT2D eigenvalue weighted by Gasteiger charge is -2.23. The number of nitrogens with zero attached hydrogens (tertiary/aromatic N) is 1. The molecule has 7 heteroatoms.